The topological polar surface area (TPSA) is 0 Å². The van der Waals surface area contributed by atoms with Crippen LogP contribution in [0.4, 0.5) is 0 Å². The maximum atomic E-state index is 4.09. The summed E-state index contributed by atoms with van der Waals surface area (Å²) in [7, 11) is 0. The van der Waals surface area contributed by atoms with Crippen molar-refractivity contribution in [1.82, 2.24) is 0 Å². The van der Waals surface area contributed by atoms with Crippen molar-refractivity contribution in [3.63, 3.8) is 0 Å². The van der Waals surface area contributed by atoms with E-state index in [2.05, 4.69) is 20.8 Å². The molecular formula is C25H51. The second kappa shape index (κ2) is 22.0. The minimum atomic E-state index is 0.974. The lowest BCUT2D eigenvalue weighted by Gasteiger charge is -2.16. The average molecular weight is 352 g/mol. The first-order valence-corrected chi connectivity index (χ1v) is 12.1. The molecule has 0 nitrogen and oxygen atoms in total. The van der Waals surface area contributed by atoms with Crippen LogP contribution in [0.5, 0.6) is 0 Å². The molecule has 0 fully saturated rings. The third-order valence-corrected chi connectivity index (χ3v) is 5.79. The van der Waals surface area contributed by atoms with E-state index in [4.69, 9.17) is 0 Å². The first-order chi connectivity index (χ1) is 12.3. The molecule has 0 aromatic heterocycles. The lowest BCUT2D eigenvalue weighted by molar-refractivity contribution is 0.382. The molecule has 0 N–H and O–H groups in total. The van der Waals surface area contributed by atoms with Crippen molar-refractivity contribution in [3.8, 4) is 0 Å². The summed E-state index contributed by atoms with van der Waals surface area (Å²) in [5, 5.41) is 0. The molecular weight excluding hydrogens is 300 g/mol. The largest absolute Gasteiger partial charge is 0.0654 e. The van der Waals surface area contributed by atoms with Gasteiger partial charge in [0.25, 0.3) is 0 Å². The summed E-state index contributed by atoms with van der Waals surface area (Å²) in [6.45, 7) is 8.70. The fourth-order valence-corrected chi connectivity index (χ4v) is 4.03. The molecule has 0 aliphatic carbocycles. The molecule has 1 radical (unpaired) electrons. The summed E-state index contributed by atoms with van der Waals surface area (Å²) in [6, 6.07) is 0. The molecule has 0 saturated heterocycles. The third kappa shape index (κ3) is 20.2. The monoisotopic (exact) mass is 351 g/mol. The highest BCUT2D eigenvalue weighted by Gasteiger charge is 2.07. The molecule has 0 spiro atoms. The van der Waals surface area contributed by atoms with Gasteiger partial charge in [-0.25, -0.2) is 0 Å². The molecule has 1 atom stereocenters. The molecule has 0 aliphatic rings. The molecule has 151 valence electrons. The molecule has 0 rings (SSSR count). The summed E-state index contributed by atoms with van der Waals surface area (Å²) in [5.41, 5.74) is 0. The molecule has 0 aromatic carbocycles. The summed E-state index contributed by atoms with van der Waals surface area (Å²) < 4.78 is 0. The molecule has 0 heteroatoms. The Balaban J connectivity index is 3.35. The van der Waals surface area contributed by atoms with Crippen molar-refractivity contribution < 1.29 is 0 Å². The van der Waals surface area contributed by atoms with Crippen LogP contribution in [-0.2, 0) is 0 Å². The summed E-state index contributed by atoms with van der Waals surface area (Å²) >= 11 is 0. The lowest BCUT2D eigenvalue weighted by atomic mass is 9.90. The van der Waals surface area contributed by atoms with Gasteiger partial charge in [0.2, 0.25) is 0 Å². The van der Waals surface area contributed by atoms with Crippen molar-refractivity contribution in [2.24, 2.45) is 5.92 Å². The van der Waals surface area contributed by atoms with Crippen molar-refractivity contribution in [3.05, 3.63) is 6.92 Å². The predicted molar refractivity (Wildman–Crippen MR) is 117 cm³/mol. The highest BCUT2D eigenvalue weighted by molar-refractivity contribution is 4.62. The van der Waals surface area contributed by atoms with Gasteiger partial charge in [-0.15, -0.1) is 0 Å². The fraction of sp³-hybridized carbons (Fsp3) is 0.960. The van der Waals surface area contributed by atoms with Crippen LogP contribution >= 0.6 is 0 Å². The Morgan fingerprint density at radius 3 is 1.08 bits per heavy atom. The maximum absolute atomic E-state index is 4.09. The first kappa shape index (κ1) is 25.0. The van der Waals surface area contributed by atoms with Gasteiger partial charge < -0.3 is 0 Å². The molecule has 0 aromatic rings. The standard InChI is InChI=1S/C25H51/c1-4-7-9-11-12-13-14-15-16-17-19-21-24-25(22-6-3)23-20-18-10-8-5-2/h25H,3-24H2,1-2H3. The molecule has 1 unspecified atom stereocenters. The van der Waals surface area contributed by atoms with Crippen LogP contribution in [0.2, 0.25) is 0 Å². The quantitative estimate of drug-likeness (QED) is 0.180. The number of rotatable bonds is 21. The molecule has 0 saturated carbocycles. The SMILES string of the molecule is [CH2]CCC(CCCCCCC)CCCCCCCCCCCCCC. The Bertz CT molecular complexity index is 220. The third-order valence-electron chi connectivity index (χ3n) is 5.79. The zero-order valence-electron chi connectivity index (χ0n) is 18.1. The second-order valence-electron chi connectivity index (χ2n) is 8.39. The number of unbranched alkanes of at least 4 members (excludes halogenated alkanes) is 15. The van der Waals surface area contributed by atoms with E-state index in [1.807, 2.05) is 0 Å². The Morgan fingerprint density at radius 2 is 0.760 bits per heavy atom. The van der Waals surface area contributed by atoms with E-state index in [9.17, 15) is 0 Å². The van der Waals surface area contributed by atoms with Gasteiger partial charge >= 0.3 is 0 Å². The van der Waals surface area contributed by atoms with E-state index in [1.54, 1.807) is 0 Å². The van der Waals surface area contributed by atoms with Gasteiger partial charge in [0.05, 0.1) is 0 Å². The normalized spacial score (nSPS) is 12.6. The average Bonchev–Trinajstić information content (AvgIpc) is 2.62. The van der Waals surface area contributed by atoms with Gasteiger partial charge in [0.15, 0.2) is 0 Å². The highest BCUT2D eigenvalue weighted by Crippen LogP contribution is 2.23. The van der Waals surface area contributed by atoms with Crippen LogP contribution in [-0.4, -0.2) is 0 Å². The van der Waals surface area contributed by atoms with Gasteiger partial charge in [0.1, 0.15) is 0 Å². The minimum Gasteiger partial charge on any atom is -0.0654 e. The second-order valence-corrected chi connectivity index (χ2v) is 8.39. The van der Waals surface area contributed by atoms with Crippen LogP contribution in [0.15, 0.2) is 0 Å². The van der Waals surface area contributed by atoms with Crippen molar-refractivity contribution >= 4 is 0 Å². The summed E-state index contributed by atoms with van der Waals surface area (Å²) in [4.78, 5) is 0. The molecule has 0 amide bonds. The van der Waals surface area contributed by atoms with Crippen LogP contribution in [0.1, 0.15) is 149 Å². The van der Waals surface area contributed by atoms with Crippen molar-refractivity contribution in [2.45, 2.75) is 149 Å². The Morgan fingerprint density at radius 1 is 0.440 bits per heavy atom. The Hall–Kier alpha value is 0. The van der Waals surface area contributed by atoms with Crippen LogP contribution in [0.25, 0.3) is 0 Å². The van der Waals surface area contributed by atoms with Crippen molar-refractivity contribution in [1.29, 1.82) is 0 Å². The highest BCUT2D eigenvalue weighted by atomic mass is 14.1. The van der Waals surface area contributed by atoms with E-state index in [-0.39, 0.29) is 0 Å². The van der Waals surface area contributed by atoms with Gasteiger partial charge in [-0.2, -0.15) is 0 Å². The minimum absolute atomic E-state index is 0.974. The summed E-state index contributed by atoms with van der Waals surface area (Å²) in [5.74, 6) is 0.974. The van der Waals surface area contributed by atoms with Crippen molar-refractivity contribution in [2.75, 3.05) is 0 Å². The zero-order valence-corrected chi connectivity index (χ0v) is 18.1. The van der Waals surface area contributed by atoms with Crippen LogP contribution in [0.3, 0.4) is 0 Å². The van der Waals surface area contributed by atoms with Crippen LogP contribution in [0, 0.1) is 12.8 Å². The van der Waals surface area contributed by atoms with E-state index < -0.39 is 0 Å². The van der Waals surface area contributed by atoms with Crippen LogP contribution < -0.4 is 0 Å². The zero-order chi connectivity index (χ0) is 18.4. The van der Waals surface area contributed by atoms with Gasteiger partial charge in [0, 0.05) is 0 Å². The fourth-order valence-electron chi connectivity index (χ4n) is 4.03. The maximum Gasteiger partial charge on any atom is -0.0414 e. The Kier molecular flexibility index (Phi) is 22.0. The number of hydrogen-bond acceptors (Lipinski definition) is 0. The lowest BCUT2D eigenvalue weighted by Crippen LogP contribution is -2.00. The van der Waals surface area contributed by atoms with Gasteiger partial charge in [-0.05, 0) is 5.92 Å². The molecule has 25 heavy (non-hydrogen) atoms. The molecule has 0 bridgehead atoms. The van der Waals surface area contributed by atoms with E-state index in [0.717, 1.165) is 12.3 Å². The molecule has 0 heterocycles. The van der Waals surface area contributed by atoms with Gasteiger partial charge in [-0.1, -0.05) is 156 Å². The Labute approximate surface area is 161 Å². The summed E-state index contributed by atoms with van der Waals surface area (Å²) in [6.07, 6.45) is 30.2. The van der Waals surface area contributed by atoms with E-state index >= 15 is 0 Å². The number of hydrogen-bond donors (Lipinski definition) is 0. The van der Waals surface area contributed by atoms with E-state index in [0.29, 0.717) is 0 Å². The predicted octanol–water partition coefficient (Wildman–Crippen LogP) is 9.67. The molecule has 0 aliphatic heterocycles. The van der Waals surface area contributed by atoms with Gasteiger partial charge in [-0.3, -0.25) is 0 Å². The van der Waals surface area contributed by atoms with E-state index in [1.165, 1.54) is 128 Å². The smallest absolute Gasteiger partial charge is 0.0414 e. The first-order valence-electron chi connectivity index (χ1n) is 12.1.